The summed E-state index contributed by atoms with van der Waals surface area (Å²) in [6.45, 7) is 0. The van der Waals surface area contributed by atoms with Crippen molar-refractivity contribution >= 4 is 33.6 Å². The van der Waals surface area contributed by atoms with Crippen molar-refractivity contribution < 1.29 is 8.42 Å². The van der Waals surface area contributed by atoms with E-state index in [-0.39, 0.29) is 5.65 Å². The molecule has 0 aliphatic carbocycles. The summed E-state index contributed by atoms with van der Waals surface area (Å²) in [5.41, 5.74) is 0.147. The Bertz CT molecular complexity index is 357. The SMILES string of the molecule is BCS(=O)(=O)c1ccc(Br)cc1. The lowest BCUT2D eigenvalue weighted by Gasteiger charge is -1.99. The maximum Gasteiger partial charge on any atom is 0.170 e. The van der Waals surface area contributed by atoms with Gasteiger partial charge < -0.3 is 0 Å². The van der Waals surface area contributed by atoms with Crippen molar-refractivity contribution in [2.24, 2.45) is 0 Å². The zero-order valence-electron chi connectivity index (χ0n) is 6.62. The zero-order chi connectivity index (χ0) is 9.19. The average molecular weight is 247 g/mol. The maximum atomic E-state index is 11.3. The molecule has 1 aromatic carbocycles. The van der Waals surface area contributed by atoms with Gasteiger partial charge in [-0.3, -0.25) is 0 Å². The number of benzene rings is 1. The molecule has 0 heterocycles. The molecule has 0 unspecified atom stereocenters. The molecule has 0 aromatic heterocycles. The van der Waals surface area contributed by atoms with E-state index in [4.69, 9.17) is 0 Å². The predicted molar refractivity (Wildman–Crippen MR) is 54.7 cm³/mol. The Morgan fingerprint density at radius 1 is 1.25 bits per heavy atom. The van der Waals surface area contributed by atoms with E-state index in [1.807, 2.05) is 0 Å². The molecule has 0 amide bonds. The highest BCUT2D eigenvalue weighted by Crippen LogP contribution is 2.14. The predicted octanol–water partition coefficient (Wildman–Crippen LogP) is 0.813. The fourth-order valence-electron chi connectivity index (χ4n) is 0.809. The summed E-state index contributed by atoms with van der Waals surface area (Å²) in [5.74, 6) is 0. The minimum Gasteiger partial charge on any atom is -0.224 e. The van der Waals surface area contributed by atoms with Gasteiger partial charge in [0, 0.05) is 10.1 Å². The Hall–Kier alpha value is -0.285. The van der Waals surface area contributed by atoms with E-state index in [0.29, 0.717) is 4.90 Å². The Morgan fingerprint density at radius 2 is 1.75 bits per heavy atom. The third-order valence-electron chi connectivity index (χ3n) is 1.55. The molecule has 0 saturated carbocycles. The number of hydrogen-bond donors (Lipinski definition) is 0. The van der Waals surface area contributed by atoms with Crippen LogP contribution in [-0.2, 0) is 9.84 Å². The molecule has 12 heavy (non-hydrogen) atoms. The number of hydrogen-bond acceptors (Lipinski definition) is 2. The first-order chi connectivity index (χ1) is 5.56. The van der Waals surface area contributed by atoms with Crippen LogP contribution in [0.3, 0.4) is 0 Å². The Kier molecular flexibility index (Phi) is 2.96. The van der Waals surface area contributed by atoms with Crippen LogP contribution >= 0.6 is 15.9 Å². The van der Waals surface area contributed by atoms with Gasteiger partial charge in [0.2, 0.25) is 0 Å². The van der Waals surface area contributed by atoms with Crippen molar-refractivity contribution in [3.05, 3.63) is 28.7 Å². The minimum absolute atomic E-state index is 0.147. The van der Waals surface area contributed by atoms with Crippen LogP contribution in [0.25, 0.3) is 0 Å². The van der Waals surface area contributed by atoms with Gasteiger partial charge in [-0.2, -0.15) is 0 Å². The Morgan fingerprint density at radius 3 is 2.17 bits per heavy atom. The molecule has 0 saturated heterocycles. The molecule has 1 rings (SSSR count). The van der Waals surface area contributed by atoms with E-state index in [1.165, 1.54) is 0 Å². The smallest absolute Gasteiger partial charge is 0.170 e. The largest absolute Gasteiger partial charge is 0.224 e. The van der Waals surface area contributed by atoms with E-state index >= 15 is 0 Å². The van der Waals surface area contributed by atoms with Crippen LogP contribution in [0.5, 0.6) is 0 Å². The van der Waals surface area contributed by atoms with Crippen LogP contribution in [0.4, 0.5) is 0 Å². The van der Waals surface area contributed by atoms with Crippen molar-refractivity contribution in [3.8, 4) is 0 Å². The van der Waals surface area contributed by atoms with Gasteiger partial charge in [0.1, 0.15) is 7.85 Å². The average Bonchev–Trinajstić information content (AvgIpc) is 2.05. The first kappa shape index (κ1) is 9.80. The van der Waals surface area contributed by atoms with Gasteiger partial charge in [-0.25, -0.2) is 8.42 Å². The molecule has 64 valence electrons. The third kappa shape index (κ3) is 2.11. The number of rotatable bonds is 2. The van der Waals surface area contributed by atoms with Crippen molar-refractivity contribution in [3.63, 3.8) is 0 Å². The van der Waals surface area contributed by atoms with Crippen LogP contribution in [0.1, 0.15) is 0 Å². The molecule has 0 bridgehead atoms. The summed E-state index contributed by atoms with van der Waals surface area (Å²) >= 11 is 3.24. The van der Waals surface area contributed by atoms with Crippen molar-refractivity contribution in [2.75, 3.05) is 5.65 Å². The fourth-order valence-corrected chi connectivity index (χ4v) is 1.96. The Balaban J connectivity index is 3.14. The van der Waals surface area contributed by atoms with E-state index in [9.17, 15) is 8.42 Å². The second-order valence-electron chi connectivity index (χ2n) is 2.36. The zero-order valence-corrected chi connectivity index (χ0v) is 9.02. The van der Waals surface area contributed by atoms with Gasteiger partial charge in [0.25, 0.3) is 0 Å². The summed E-state index contributed by atoms with van der Waals surface area (Å²) in [5, 5.41) is 0. The highest BCUT2D eigenvalue weighted by molar-refractivity contribution is 9.10. The summed E-state index contributed by atoms with van der Waals surface area (Å²) in [4.78, 5) is 0.383. The summed E-state index contributed by atoms with van der Waals surface area (Å²) in [6.07, 6.45) is 0. The van der Waals surface area contributed by atoms with Crippen LogP contribution < -0.4 is 0 Å². The lowest BCUT2D eigenvalue weighted by Crippen LogP contribution is -2.05. The van der Waals surface area contributed by atoms with Crippen molar-refractivity contribution in [1.29, 1.82) is 0 Å². The molecule has 0 fully saturated rings. The normalized spacial score (nSPS) is 11.4. The first-order valence-corrected chi connectivity index (χ1v) is 5.99. The van der Waals surface area contributed by atoms with Crippen LogP contribution in [-0.4, -0.2) is 21.9 Å². The van der Waals surface area contributed by atoms with Gasteiger partial charge in [-0.15, -0.1) is 0 Å². The second kappa shape index (κ2) is 3.62. The molecule has 0 aliphatic heterocycles. The lowest BCUT2D eigenvalue weighted by molar-refractivity contribution is 0.600. The monoisotopic (exact) mass is 246 g/mol. The maximum absolute atomic E-state index is 11.3. The van der Waals surface area contributed by atoms with Crippen LogP contribution in [0.15, 0.2) is 33.6 Å². The second-order valence-corrected chi connectivity index (χ2v) is 5.55. The summed E-state index contributed by atoms with van der Waals surface area (Å²) in [7, 11) is -1.40. The van der Waals surface area contributed by atoms with Gasteiger partial charge in [-0.05, 0) is 24.3 Å². The highest BCUT2D eigenvalue weighted by atomic mass is 79.9. The molecule has 0 aliphatic rings. The minimum atomic E-state index is -3.04. The first-order valence-electron chi connectivity index (χ1n) is 3.54. The van der Waals surface area contributed by atoms with E-state index < -0.39 is 9.84 Å². The number of sulfone groups is 1. The summed E-state index contributed by atoms with van der Waals surface area (Å²) in [6, 6.07) is 6.65. The third-order valence-corrected chi connectivity index (χ3v) is 3.83. The highest BCUT2D eigenvalue weighted by Gasteiger charge is 2.09. The van der Waals surface area contributed by atoms with E-state index in [2.05, 4.69) is 15.9 Å². The van der Waals surface area contributed by atoms with Crippen LogP contribution in [0, 0.1) is 0 Å². The lowest BCUT2D eigenvalue weighted by atomic mass is 10.2. The van der Waals surface area contributed by atoms with E-state index in [1.54, 1.807) is 32.1 Å². The molecular weight excluding hydrogens is 239 g/mol. The quantitative estimate of drug-likeness (QED) is 0.724. The molecular formula is C7H8BBrO2S. The van der Waals surface area contributed by atoms with Gasteiger partial charge >= 0.3 is 0 Å². The fraction of sp³-hybridized carbons (Fsp3) is 0.143. The molecule has 0 N–H and O–H groups in total. The Labute approximate surface area is 81.4 Å². The van der Waals surface area contributed by atoms with Gasteiger partial charge in [-0.1, -0.05) is 15.9 Å². The van der Waals surface area contributed by atoms with Crippen molar-refractivity contribution in [1.82, 2.24) is 0 Å². The van der Waals surface area contributed by atoms with Crippen LogP contribution in [0.2, 0.25) is 0 Å². The number of halogens is 1. The van der Waals surface area contributed by atoms with E-state index in [0.717, 1.165) is 4.47 Å². The molecule has 0 radical (unpaired) electrons. The van der Waals surface area contributed by atoms with Crippen molar-refractivity contribution in [2.45, 2.75) is 4.90 Å². The topological polar surface area (TPSA) is 34.1 Å². The summed E-state index contributed by atoms with van der Waals surface area (Å²) < 4.78 is 23.5. The molecule has 1 aromatic rings. The molecule has 5 heteroatoms. The molecule has 0 atom stereocenters. The standard InChI is InChI=1S/C7H8BBrO2S/c8-5-12(10,11)7-3-1-6(9)2-4-7/h1-4H,5,8H2. The molecule has 0 spiro atoms. The van der Waals surface area contributed by atoms with Gasteiger partial charge in [0.15, 0.2) is 9.84 Å². The van der Waals surface area contributed by atoms with Gasteiger partial charge in [0.05, 0.1) is 4.90 Å². The molecule has 2 nitrogen and oxygen atoms in total.